The van der Waals surface area contributed by atoms with E-state index < -0.39 is 0 Å². The van der Waals surface area contributed by atoms with Crippen LogP contribution in [0.2, 0.25) is 0 Å². The van der Waals surface area contributed by atoms with E-state index in [0.29, 0.717) is 41.4 Å². The zero-order valence-electron chi connectivity index (χ0n) is 16.9. The third-order valence-electron chi connectivity index (χ3n) is 4.16. The highest BCUT2D eigenvalue weighted by Gasteiger charge is 2.25. The molecule has 0 unspecified atom stereocenters. The number of aromatic nitrogens is 8. The van der Waals surface area contributed by atoms with E-state index in [1.807, 2.05) is 13.0 Å². The lowest BCUT2D eigenvalue weighted by atomic mass is 9.88. The summed E-state index contributed by atoms with van der Waals surface area (Å²) >= 11 is 0. The average Bonchev–Trinajstić information content (AvgIpc) is 3.38. The monoisotopic (exact) mass is 398 g/mol. The molecule has 0 bridgehead atoms. The molecule has 29 heavy (non-hydrogen) atoms. The molecule has 0 spiro atoms. The van der Waals surface area contributed by atoms with Crippen LogP contribution in [0.1, 0.15) is 39.1 Å². The first kappa shape index (κ1) is 18.8. The van der Waals surface area contributed by atoms with E-state index in [1.54, 1.807) is 28.6 Å². The molecule has 11 nitrogen and oxygen atoms in total. The van der Waals surface area contributed by atoms with Crippen LogP contribution in [0.3, 0.4) is 0 Å². The molecule has 0 atom stereocenters. The fourth-order valence-electron chi connectivity index (χ4n) is 2.78. The Kier molecular flexibility index (Phi) is 4.65. The first-order chi connectivity index (χ1) is 13.8. The standard InChI is InChI=1S/C18H22N8O3/c1-6-27-15-8-12(24-29-15)16-21-20-14-7-11(18(2,3)4)17(23-26(14)16)28-9-13-19-10-25(5)22-13/h7-8,10H,6,9H2,1-5H3. The Morgan fingerprint density at radius 3 is 2.62 bits per heavy atom. The molecule has 0 aliphatic heterocycles. The maximum absolute atomic E-state index is 5.98. The van der Waals surface area contributed by atoms with Crippen LogP contribution in [0.25, 0.3) is 17.2 Å². The van der Waals surface area contributed by atoms with Crippen molar-refractivity contribution >= 4 is 5.65 Å². The van der Waals surface area contributed by atoms with Gasteiger partial charge in [-0.25, -0.2) is 4.98 Å². The number of nitrogens with zero attached hydrogens (tertiary/aromatic N) is 8. The zero-order chi connectivity index (χ0) is 20.6. The number of ether oxygens (including phenoxy) is 2. The van der Waals surface area contributed by atoms with Gasteiger partial charge in [-0.3, -0.25) is 4.68 Å². The molecular formula is C18H22N8O3. The molecular weight excluding hydrogens is 376 g/mol. The lowest BCUT2D eigenvalue weighted by molar-refractivity contribution is 0.226. The topological polar surface area (TPSA) is 118 Å². The molecule has 4 heterocycles. The Morgan fingerprint density at radius 2 is 1.93 bits per heavy atom. The average molecular weight is 398 g/mol. The summed E-state index contributed by atoms with van der Waals surface area (Å²) in [5.74, 6) is 1.75. The fraction of sp³-hybridized carbons (Fsp3) is 0.444. The third kappa shape index (κ3) is 3.75. The van der Waals surface area contributed by atoms with Crippen molar-refractivity contribution in [3.05, 3.63) is 29.8 Å². The Bertz CT molecular complexity index is 1140. The lowest BCUT2D eigenvalue weighted by Gasteiger charge is -2.21. The number of hydrogen-bond acceptors (Lipinski definition) is 9. The second-order valence-corrected chi connectivity index (χ2v) is 7.49. The number of hydrogen-bond donors (Lipinski definition) is 0. The van der Waals surface area contributed by atoms with Gasteiger partial charge in [0.2, 0.25) is 11.7 Å². The molecule has 0 amide bonds. The minimum Gasteiger partial charge on any atom is -0.468 e. The van der Waals surface area contributed by atoms with E-state index in [-0.39, 0.29) is 12.0 Å². The van der Waals surface area contributed by atoms with Crippen LogP contribution < -0.4 is 9.47 Å². The van der Waals surface area contributed by atoms with Gasteiger partial charge < -0.3 is 14.0 Å². The van der Waals surface area contributed by atoms with Crippen molar-refractivity contribution < 1.29 is 14.0 Å². The van der Waals surface area contributed by atoms with Crippen molar-refractivity contribution in [2.24, 2.45) is 7.05 Å². The van der Waals surface area contributed by atoms with E-state index in [0.717, 1.165) is 5.56 Å². The van der Waals surface area contributed by atoms with Crippen molar-refractivity contribution in [2.75, 3.05) is 6.61 Å². The Labute approximate surface area is 166 Å². The predicted octanol–water partition coefficient (Wildman–Crippen LogP) is 2.18. The van der Waals surface area contributed by atoms with Crippen molar-refractivity contribution in [3.63, 3.8) is 0 Å². The highest BCUT2D eigenvalue weighted by atomic mass is 16.6. The van der Waals surface area contributed by atoms with Gasteiger partial charge in [-0.1, -0.05) is 25.9 Å². The summed E-state index contributed by atoms with van der Waals surface area (Å²) in [5, 5.41) is 21.3. The Hall–Kier alpha value is -3.50. The maximum Gasteiger partial charge on any atom is 0.311 e. The molecule has 11 heteroatoms. The van der Waals surface area contributed by atoms with Gasteiger partial charge in [0.15, 0.2) is 23.8 Å². The lowest BCUT2D eigenvalue weighted by Crippen LogP contribution is -2.16. The first-order valence-electron chi connectivity index (χ1n) is 9.19. The fourth-order valence-corrected chi connectivity index (χ4v) is 2.78. The van der Waals surface area contributed by atoms with E-state index in [2.05, 4.69) is 51.3 Å². The van der Waals surface area contributed by atoms with Crippen LogP contribution in [0.15, 0.2) is 23.0 Å². The molecule has 4 aromatic rings. The first-order valence-corrected chi connectivity index (χ1v) is 9.19. The van der Waals surface area contributed by atoms with Gasteiger partial charge in [-0.15, -0.1) is 15.3 Å². The van der Waals surface area contributed by atoms with Crippen LogP contribution in [-0.2, 0) is 19.1 Å². The molecule has 0 aliphatic carbocycles. The highest BCUT2D eigenvalue weighted by molar-refractivity contribution is 5.56. The van der Waals surface area contributed by atoms with Gasteiger partial charge in [0.05, 0.1) is 12.7 Å². The number of aryl methyl sites for hydroxylation is 1. The van der Waals surface area contributed by atoms with Gasteiger partial charge >= 0.3 is 5.95 Å². The number of rotatable bonds is 6. The molecule has 0 saturated carbocycles. The molecule has 0 radical (unpaired) electrons. The van der Waals surface area contributed by atoms with Gasteiger partial charge in [0.25, 0.3) is 0 Å². The molecule has 0 N–H and O–H groups in total. The summed E-state index contributed by atoms with van der Waals surface area (Å²) in [4.78, 5) is 4.19. The van der Waals surface area contributed by atoms with Gasteiger partial charge in [0.1, 0.15) is 6.33 Å². The van der Waals surface area contributed by atoms with E-state index >= 15 is 0 Å². The summed E-state index contributed by atoms with van der Waals surface area (Å²) in [6, 6.07) is 3.56. The molecule has 0 aromatic carbocycles. The normalized spacial score (nSPS) is 11.9. The minimum absolute atomic E-state index is 0.193. The maximum atomic E-state index is 5.98. The van der Waals surface area contributed by atoms with Crippen molar-refractivity contribution in [2.45, 2.75) is 39.7 Å². The Balaban J connectivity index is 1.74. The van der Waals surface area contributed by atoms with Gasteiger partial charge in [0, 0.05) is 12.6 Å². The molecule has 152 valence electrons. The van der Waals surface area contributed by atoms with Gasteiger partial charge in [-0.2, -0.15) is 9.61 Å². The van der Waals surface area contributed by atoms with Crippen LogP contribution in [0.5, 0.6) is 11.8 Å². The third-order valence-corrected chi connectivity index (χ3v) is 4.16. The smallest absolute Gasteiger partial charge is 0.311 e. The molecule has 0 aliphatic rings. The van der Waals surface area contributed by atoms with E-state index in [1.165, 1.54) is 0 Å². The summed E-state index contributed by atoms with van der Waals surface area (Å²) in [6.07, 6.45) is 1.62. The molecule has 4 rings (SSSR count). The van der Waals surface area contributed by atoms with Crippen molar-refractivity contribution in [1.82, 2.24) is 39.7 Å². The van der Waals surface area contributed by atoms with Crippen molar-refractivity contribution in [3.8, 4) is 23.3 Å². The molecule has 0 fully saturated rings. The molecule has 4 aromatic heterocycles. The van der Waals surface area contributed by atoms with E-state index in [9.17, 15) is 0 Å². The van der Waals surface area contributed by atoms with Gasteiger partial charge in [-0.05, 0) is 18.4 Å². The Morgan fingerprint density at radius 1 is 1.10 bits per heavy atom. The van der Waals surface area contributed by atoms with Crippen LogP contribution in [-0.4, -0.2) is 46.3 Å². The van der Waals surface area contributed by atoms with Crippen LogP contribution in [0.4, 0.5) is 0 Å². The summed E-state index contributed by atoms with van der Waals surface area (Å²) < 4.78 is 19.7. The summed E-state index contributed by atoms with van der Waals surface area (Å²) in [6.45, 7) is 8.77. The van der Waals surface area contributed by atoms with Crippen molar-refractivity contribution in [1.29, 1.82) is 0 Å². The van der Waals surface area contributed by atoms with E-state index in [4.69, 9.17) is 14.0 Å². The highest BCUT2D eigenvalue weighted by Crippen LogP contribution is 2.32. The molecule has 0 saturated heterocycles. The number of fused-ring (bicyclic) bond motifs is 1. The van der Waals surface area contributed by atoms with Crippen LogP contribution >= 0.6 is 0 Å². The quantitative estimate of drug-likeness (QED) is 0.481. The second kappa shape index (κ2) is 7.15. The SMILES string of the molecule is CCOc1cc(-c2nnc3cc(C(C)(C)C)c(OCc4ncn(C)n4)nn23)no1. The predicted molar refractivity (Wildman–Crippen MR) is 101 cm³/mol. The largest absolute Gasteiger partial charge is 0.468 e. The summed E-state index contributed by atoms with van der Waals surface area (Å²) in [5.41, 5.74) is 1.72. The zero-order valence-corrected chi connectivity index (χ0v) is 16.9. The van der Waals surface area contributed by atoms with Crippen LogP contribution in [0, 0.1) is 0 Å². The second-order valence-electron chi connectivity index (χ2n) is 7.49. The minimum atomic E-state index is -0.218. The summed E-state index contributed by atoms with van der Waals surface area (Å²) in [7, 11) is 1.80.